The summed E-state index contributed by atoms with van der Waals surface area (Å²) in [7, 11) is 2.15. The lowest BCUT2D eigenvalue weighted by Gasteiger charge is -2.26. The van der Waals surface area contributed by atoms with Crippen LogP contribution in [0.15, 0.2) is 48.7 Å². The summed E-state index contributed by atoms with van der Waals surface area (Å²) < 4.78 is 1.96. The van der Waals surface area contributed by atoms with Crippen molar-refractivity contribution in [1.29, 1.82) is 0 Å². The molecule has 0 radical (unpaired) electrons. The fourth-order valence-corrected chi connectivity index (χ4v) is 5.55. The number of carbonyl (C=O) groups excluding carboxylic acids is 2. The maximum Gasteiger partial charge on any atom is 0.255 e. The maximum absolute atomic E-state index is 13.3. The number of benzene rings is 2. The zero-order chi connectivity index (χ0) is 28.8. The summed E-state index contributed by atoms with van der Waals surface area (Å²) in [6.07, 6.45) is 6.52. The number of halogens is 2. The number of amides is 2. The molecule has 4 rings (SSSR count). The molecule has 11 heteroatoms. The Morgan fingerprint density at radius 1 is 1.07 bits per heavy atom. The van der Waals surface area contributed by atoms with Crippen LogP contribution >= 0.6 is 23.2 Å². The van der Waals surface area contributed by atoms with Gasteiger partial charge in [-0.3, -0.25) is 9.59 Å². The van der Waals surface area contributed by atoms with Crippen molar-refractivity contribution < 1.29 is 9.59 Å². The van der Waals surface area contributed by atoms with Crippen molar-refractivity contribution >= 4 is 74.0 Å². The van der Waals surface area contributed by atoms with Crippen LogP contribution in [-0.2, 0) is 22.7 Å². The third kappa shape index (κ3) is 6.95. The lowest BCUT2D eigenvalue weighted by molar-refractivity contribution is -0.115. The number of imidazole rings is 1. The molecule has 0 aliphatic carbocycles. The van der Waals surface area contributed by atoms with Crippen LogP contribution in [0.2, 0.25) is 0 Å². The van der Waals surface area contributed by atoms with E-state index in [1.807, 2.05) is 48.9 Å². The van der Waals surface area contributed by atoms with E-state index in [1.54, 1.807) is 18.3 Å². The van der Waals surface area contributed by atoms with Crippen molar-refractivity contribution in [3.63, 3.8) is 0 Å². The van der Waals surface area contributed by atoms with E-state index in [-0.39, 0.29) is 22.7 Å². The normalized spacial score (nSPS) is 11.3. The van der Waals surface area contributed by atoms with E-state index < -0.39 is 0 Å². The number of aromatic nitrogens is 3. The lowest BCUT2D eigenvalue weighted by atomic mass is 10.1. The number of anilines is 3. The van der Waals surface area contributed by atoms with E-state index in [9.17, 15) is 9.59 Å². The molecule has 3 N–H and O–H groups in total. The molecule has 2 aromatic heterocycles. The zero-order valence-electron chi connectivity index (χ0n) is 23.2. The van der Waals surface area contributed by atoms with Crippen LogP contribution in [0.3, 0.4) is 0 Å². The molecule has 2 heterocycles. The first-order valence-corrected chi connectivity index (χ1v) is 16.3. The average molecular weight is 603 g/mol. The topological polar surface area (TPSA) is 95.0 Å². The van der Waals surface area contributed by atoms with Crippen LogP contribution in [0.5, 0.6) is 0 Å². The van der Waals surface area contributed by atoms with E-state index in [2.05, 4.69) is 33.0 Å². The van der Waals surface area contributed by atoms with Crippen molar-refractivity contribution in [3.05, 3.63) is 59.8 Å². The van der Waals surface area contributed by atoms with Crippen molar-refractivity contribution in [2.24, 2.45) is 7.05 Å². The molecular formula is C29H35Cl2N6O2S+. The smallest absolute Gasteiger partial charge is 0.255 e. The Morgan fingerprint density at radius 2 is 1.82 bits per heavy atom. The summed E-state index contributed by atoms with van der Waals surface area (Å²) in [5.41, 5.74) is 6.24. The molecule has 0 aliphatic heterocycles. The van der Waals surface area contributed by atoms with E-state index in [0.29, 0.717) is 53.9 Å². The number of alkyl halides is 2. The van der Waals surface area contributed by atoms with Gasteiger partial charge in [-0.25, -0.2) is 4.98 Å². The third-order valence-electron chi connectivity index (χ3n) is 6.69. The SMILES string of the molecule is Cc1c(NC(=O)c2ccc3c(c2)nc(-c2cc(NC(=O)CC[S+](C)C)c[nH]2)n3C)cccc1N(CCCl)CCCl. The highest BCUT2D eigenvalue weighted by atomic mass is 35.5. The number of aryl methyl sites for hydroxylation is 1. The summed E-state index contributed by atoms with van der Waals surface area (Å²) in [5, 5.41) is 6.00. The van der Waals surface area contributed by atoms with Crippen molar-refractivity contribution in [3.8, 4) is 11.5 Å². The van der Waals surface area contributed by atoms with Gasteiger partial charge in [-0.1, -0.05) is 6.07 Å². The predicted octanol–water partition coefficient (Wildman–Crippen LogP) is 5.62. The van der Waals surface area contributed by atoms with Crippen molar-refractivity contribution in [2.45, 2.75) is 13.3 Å². The minimum absolute atomic E-state index is 0.000942. The molecule has 212 valence electrons. The second-order valence-corrected chi connectivity index (χ2v) is 12.9. The molecule has 0 atom stereocenters. The highest BCUT2D eigenvalue weighted by Gasteiger charge is 2.17. The second kappa shape index (κ2) is 13.5. The Kier molecular flexibility index (Phi) is 10.1. The third-order valence-corrected chi connectivity index (χ3v) is 8.05. The molecule has 8 nitrogen and oxygen atoms in total. The van der Waals surface area contributed by atoms with Gasteiger partial charge in [-0.2, -0.15) is 0 Å². The van der Waals surface area contributed by atoms with Crippen LogP contribution in [0, 0.1) is 6.92 Å². The van der Waals surface area contributed by atoms with Gasteiger partial charge in [0.05, 0.1) is 41.3 Å². The van der Waals surface area contributed by atoms with Crippen molar-refractivity contribution in [1.82, 2.24) is 14.5 Å². The number of aromatic amines is 1. The van der Waals surface area contributed by atoms with Gasteiger partial charge in [0.2, 0.25) is 5.91 Å². The summed E-state index contributed by atoms with van der Waals surface area (Å²) in [4.78, 5) is 35.6. The number of hydrogen-bond donors (Lipinski definition) is 3. The Morgan fingerprint density at radius 3 is 2.52 bits per heavy atom. The number of carbonyl (C=O) groups is 2. The molecular weight excluding hydrogens is 567 g/mol. The molecule has 0 fully saturated rings. The quantitative estimate of drug-likeness (QED) is 0.145. The molecule has 0 saturated heterocycles. The van der Waals surface area contributed by atoms with Gasteiger partial charge in [-0.15, -0.1) is 23.2 Å². The number of rotatable bonds is 12. The fourth-order valence-electron chi connectivity index (χ4n) is 4.55. The Balaban J connectivity index is 1.53. The van der Waals surface area contributed by atoms with Gasteiger partial charge in [-0.05, 0) is 59.8 Å². The number of H-pyrrole nitrogens is 1. The molecule has 0 spiro atoms. The Bertz CT molecular complexity index is 1490. The molecule has 40 heavy (non-hydrogen) atoms. The number of nitrogens with zero attached hydrogens (tertiary/aromatic N) is 3. The first kappa shape index (κ1) is 29.8. The van der Waals surface area contributed by atoms with Crippen LogP contribution in [0.4, 0.5) is 17.1 Å². The average Bonchev–Trinajstić information content (AvgIpc) is 3.52. The van der Waals surface area contributed by atoms with E-state index in [0.717, 1.165) is 33.9 Å². The number of nitrogens with one attached hydrogen (secondary N) is 3. The fraction of sp³-hybridized carbons (Fsp3) is 0.345. The predicted molar refractivity (Wildman–Crippen MR) is 171 cm³/mol. The minimum Gasteiger partial charge on any atom is -0.369 e. The first-order chi connectivity index (χ1) is 19.2. The standard InChI is InChI=1S/C29H34Cl2N6O2S/c1-19-22(6-5-7-25(19)37(13-11-30)14-12-31)35-29(39)20-8-9-26-23(16-20)34-28(36(26)2)24-17-21(18-32-24)33-27(38)10-15-40(3)4/h5-9,16-18H,10-15H2,1-4H3,(H2-,32,33,34,35,38,39)/p+1. The molecule has 0 unspecified atom stereocenters. The largest absolute Gasteiger partial charge is 0.369 e. The van der Waals surface area contributed by atoms with E-state index >= 15 is 0 Å². The van der Waals surface area contributed by atoms with Gasteiger partial charge < -0.3 is 25.1 Å². The molecule has 0 aliphatic rings. The Hall–Kier alpha value is -3.14. The molecule has 0 saturated carbocycles. The maximum atomic E-state index is 13.3. The Labute approximate surface area is 247 Å². The minimum atomic E-state index is -0.220. The van der Waals surface area contributed by atoms with Crippen LogP contribution in [0.1, 0.15) is 22.3 Å². The van der Waals surface area contributed by atoms with E-state index in [1.165, 1.54) is 0 Å². The molecule has 2 aromatic carbocycles. The summed E-state index contributed by atoms with van der Waals surface area (Å²) in [5.74, 6) is 2.32. The van der Waals surface area contributed by atoms with Gasteiger partial charge in [0.15, 0.2) is 5.82 Å². The number of fused-ring (bicyclic) bond motifs is 1. The summed E-state index contributed by atoms with van der Waals surface area (Å²) in [6.45, 7) is 3.31. The van der Waals surface area contributed by atoms with E-state index in [4.69, 9.17) is 28.2 Å². The van der Waals surface area contributed by atoms with Gasteiger partial charge in [0.1, 0.15) is 5.75 Å². The van der Waals surface area contributed by atoms with Crippen molar-refractivity contribution in [2.75, 3.05) is 58.6 Å². The molecule has 4 aromatic rings. The highest BCUT2D eigenvalue weighted by molar-refractivity contribution is 7.95. The second-order valence-electron chi connectivity index (χ2n) is 9.76. The highest BCUT2D eigenvalue weighted by Crippen LogP contribution is 2.29. The summed E-state index contributed by atoms with van der Waals surface area (Å²) >= 11 is 12.0. The number of hydrogen-bond acceptors (Lipinski definition) is 4. The zero-order valence-corrected chi connectivity index (χ0v) is 25.5. The van der Waals surface area contributed by atoms with Crippen LogP contribution in [0.25, 0.3) is 22.6 Å². The van der Waals surface area contributed by atoms with Gasteiger partial charge in [0.25, 0.3) is 5.91 Å². The van der Waals surface area contributed by atoms with Gasteiger partial charge in [0, 0.05) is 55.0 Å². The monoisotopic (exact) mass is 601 g/mol. The van der Waals surface area contributed by atoms with Gasteiger partial charge >= 0.3 is 0 Å². The lowest BCUT2D eigenvalue weighted by Crippen LogP contribution is -2.28. The summed E-state index contributed by atoms with van der Waals surface area (Å²) in [6, 6.07) is 13.2. The molecule has 2 amide bonds. The van der Waals surface area contributed by atoms with Crippen LogP contribution in [-0.4, -0.2) is 69.5 Å². The first-order valence-electron chi connectivity index (χ1n) is 13.0. The van der Waals surface area contributed by atoms with Crippen LogP contribution < -0.4 is 15.5 Å². The molecule has 0 bridgehead atoms.